The number of piperazine rings is 1. The highest BCUT2D eigenvalue weighted by atomic mass is 16.5. The number of ether oxygens (including phenoxy) is 2. The normalized spacial score (nSPS) is 15.4. The Balaban J connectivity index is 1.42. The summed E-state index contributed by atoms with van der Waals surface area (Å²) in [5, 5.41) is 2.94. The van der Waals surface area contributed by atoms with Crippen LogP contribution in [0.15, 0.2) is 54.6 Å². The summed E-state index contributed by atoms with van der Waals surface area (Å²) in [4.78, 5) is 17.0. The zero-order valence-corrected chi connectivity index (χ0v) is 17.1. The van der Waals surface area contributed by atoms with Gasteiger partial charge in [0, 0.05) is 38.8 Å². The molecule has 1 fully saturated rings. The fraction of sp³-hybridized carbons (Fsp3) is 0.348. The minimum absolute atomic E-state index is 0.0362. The van der Waals surface area contributed by atoms with Crippen LogP contribution in [-0.4, -0.2) is 69.2 Å². The molecule has 2 aromatic carbocycles. The highest BCUT2D eigenvalue weighted by molar-refractivity contribution is 5.93. The number of methoxy groups -OCH3 is 2. The van der Waals surface area contributed by atoms with Crippen molar-refractivity contribution in [1.29, 1.82) is 0 Å². The van der Waals surface area contributed by atoms with Crippen LogP contribution in [0.5, 0.6) is 11.5 Å². The van der Waals surface area contributed by atoms with E-state index in [0.717, 1.165) is 32.7 Å². The largest absolute Gasteiger partial charge is 0.497 e. The lowest BCUT2D eigenvalue weighted by atomic mass is 10.2. The molecule has 29 heavy (non-hydrogen) atoms. The number of benzene rings is 2. The van der Waals surface area contributed by atoms with E-state index in [0.29, 0.717) is 23.7 Å². The van der Waals surface area contributed by atoms with Crippen LogP contribution in [-0.2, 0) is 4.79 Å². The van der Waals surface area contributed by atoms with Crippen LogP contribution >= 0.6 is 0 Å². The molecule has 0 saturated carbocycles. The Labute approximate surface area is 172 Å². The molecule has 1 amide bonds. The number of anilines is 1. The molecule has 1 saturated heterocycles. The number of carbonyl (C=O) groups excluding carboxylic acids is 1. The molecule has 0 aromatic heterocycles. The average molecular weight is 396 g/mol. The van der Waals surface area contributed by atoms with E-state index in [4.69, 9.17) is 9.47 Å². The highest BCUT2D eigenvalue weighted by Crippen LogP contribution is 2.28. The van der Waals surface area contributed by atoms with Crippen LogP contribution in [0.3, 0.4) is 0 Å². The molecule has 0 aliphatic carbocycles. The van der Waals surface area contributed by atoms with Gasteiger partial charge in [-0.25, -0.2) is 0 Å². The Hall–Kier alpha value is -2.83. The molecule has 0 radical (unpaired) electrons. The van der Waals surface area contributed by atoms with E-state index in [1.54, 1.807) is 32.4 Å². The number of hydrogen-bond acceptors (Lipinski definition) is 5. The van der Waals surface area contributed by atoms with E-state index in [1.807, 2.05) is 18.2 Å². The molecule has 0 bridgehead atoms. The van der Waals surface area contributed by atoms with Gasteiger partial charge in [-0.1, -0.05) is 42.5 Å². The zero-order valence-electron chi connectivity index (χ0n) is 17.1. The molecule has 6 nitrogen and oxygen atoms in total. The van der Waals surface area contributed by atoms with E-state index < -0.39 is 0 Å². The van der Waals surface area contributed by atoms with Gasteiger partial charge in [-0.3, -0.25) is 14.6 Å². The minimum Gasteiger partial charge on any atom is -0.497 e. The van der Waals surface area contributed by atoms with Gasteiger partial charge in [0.1, 0.15) is 11.5 Å². The lowest BCUT2D eigenvalue weighted by molar-refractivity contribution is -0.117. The van der Waals surface area contributed by atoms with Crippen molar-refractivity contribution in [2.75, 3.05) is 58.8 Å². The minimum atomic E-state index is -0.0362. The second-order valence-electron chi connectivity index (χ2n) is 7.00. The SMILES string of the molecule is COc1ccc(NC(=O)CN2CCN(C/C=C/c3ccccc3)CC2)c(OC)c1. The molecule has 1 N–H and O–H groups in total. The number of rotatable bonds is 8. The van der Waals surface area contributed by atoms with Crippen LogP contribution in [0.2, 0.25) is 0 Å². The molecule has 2 aromatic rings. The van der Waals surface area contributed by atoms with Crippen molar-refractivity contribution >= 4 is 17.7 Å². The summed E-state index contributed by atoms with van der Waals surface area (Å²) in [5.41, 5.74) is 1.87. The molecule has 6 heteroatoms. The number of amides is 1. The quantitative estimate of drug-likeness (QED) is 0.745. The average Bonchev–Trinajstić information content (AvgIpc) is 2.76. The van der Waals surface area contributed by atoms with Gasteiger partial charge >= 0.3 is 0 Å². The lowest BCUT2D eigenvalue weighted by Crippen LogP contribution is -2.48. The summed E-state index contributed by atoms with van der Waals surface area (Å²) in [5.74, 6) is 1.25. The third-order valence-corrected chi connectivity index (χ3v) is 4.99. The molecule has 1 heterocycles. The molecule has 1 aliphatic heterocycles. The Bertz CT molecular complexity index is 815. The summed E-state index contributed by atoms with van der Waals surface area (Å²) in [6.45, 7) is 4.98. The summed E-state index contributed by atoms with van der Waals surface area (Å²) < 4.78 is 10.5. The Morgan fingerprint density at radius 3 is 2.41 bits per heavy atom. The number of hydrogen-bond donors (Lipinski definition) is 1. The third kappa shape index (κ3) is 6.34. The second-order valence-corrected chi connectivity index (χ2v) is 7.00. The molecule has 0 atom stereocenters. The monoisotopic (exact) mass is 395 g/mol. The first kappa shape index (κ1) is 20.9. The molecule has 0 unspecified atom stereocenters. The van der Waals surface area contributed by atoms with E-state index in [9.17, 15) is 4.79 Å². The first-order valence-corrected chi connectivity index (χ1v) is 9.86. The third-order valence-electron chi connectivity index (χ3n) is 4.99. The number of carbonyl (C=O) groups is 1. The number of nitrogens with one attached hydrogen (secondary N) is 1. The Morgan fingerprint density at radius 2 is 1.72 bits per heavy atom. The molecular formula is C23H29N3O3. The predicted molar refractivity (Wildman–Crippen MR) is 117 cm³/mol. The smallest absolute Gasteiger partial charge is 0.238 e. The van der Waals surface area contributed by atoms with Crippen molar-refractivity contribution in [3.05, 3.63) is 60.2 Å². The van der Waals surface area contributed by atoms with Crippen molar-refractivity contribution < 1.29 is 14.3 Å². The number of nitrogens with zero attached hydrogens (tertiary/aromatic N) is 2. The first-order chi connectivity index (χ1) is 14.2. The Kier molecular flexibility index (Phi) is 7.67. The molecule has 1 aliphatic rings. The zero-order chi connectivity index (χ0) is 20.5. The van der Waals surface area contributed by atoms with E-state index in [2.05, 4.69) is 39.4 Å². The summed E-state index contributed by atoms with van der Waals surface area (Å²) in [7, 11) is 3.18. The van der Waals surface area contributed by atoms with Gasteiger partial charge < -0.3 is 14.8 Å². The lowest BCUT2D eigenvalue weighted by Gasteiger charge is -2.33. The molecule has 3 rings (SSSR count). The standard InChI is InChI=1S/C23H29N3O3/c1-28-20-10-11-21(22(17-20)29-2)24-23(27)18-26-15-13-25(14-16-26)12-6-9-19-7-4-3-5-8-19/h3-11,17H,12-16,18H2,1-2H3,(H,24,27)/b9-6+. The van der Waals surface area contributed by atoms with Gasteiger partial charge in [-0.15, -0.1) is 0 Å². The highest BCUT2D eigenvalue weighted by Gasteiger charge is 2.19. The summed E-state index contributed by atoms with van der Waals surface area (Å²) in [6, 6.07) is 15.7. The van der Waals surface area contributed by atoms with Crippen molar-refractivity contribution in [3.63, 3.8) is 0 Å². The maximum absolute atomic E-state index is 12.4. The predicted octanol–water partition coefficient (Wildman–Crippen LogP) is 2.97. The van der Waals surface area contributed by atoms with Gasteiger partial charge in [0.25, 0.3) is 0 Å². The van der Waals surface area contributed by atoms with Crippen LogP contribution in [0, 0.1) is 0 Å². The van der Waals surface area contributed by atoms with Gasteiger partial charge in [-0.2, -0.15) is 0 Å². The van der Waals surface area contributed by atoms with E-state index in [-0.39, 0.29) is 5.91 Å². The maximum Gasteiger partial charge on any atom is 0.238 e. The van der Waals surface area contributed by atoms with Gasteiger partial charge in [-0.05, 0) is 17.7 Å². The second kappa shape index (κ2) is 10.6. The fourth-order valence-corrected chi connectivity index (χ4v) is 3.33. The van der Waals surface area contributed by atoms with Gasteiger partial charge in [0.05, 0.1) is 26.5 Å². The van der Waals surface area contributed by atoms with Crippen molar-refractivity contribution in [2.45, 2.75) is 0 Å². The van der Waals surface area contributed by atoms with E-state index in [1.165, 1.54) is 5.56 Å². The maximum atomic E-state index is 12.4. The van der Waals surface area contributed by atoms with Gasteiger partial charge in [0.15, 0.2) is 0 Å². The van der Waals surface area contributed by atoms with Crippen molar-refractivity contribution in [2.24, 2.45) is 0 Å². The molecule has 154 valence electrons. The topological polar surface area (TPSA) is 54.0 Å². The molecular weight excluding hydrogens is 366 g/mol. The summed E-state index contributed by atoms with van der Waals surface area (Å²) in [6.07, 6.45) is 4.36. The van der Waals surface area contributed by atoms with E-state index >= 15 is 0 Å². The van der Waals surface area contributed by atoms with Crippen LogP contribution in [0.4, 0.5) is 5.69 Å². The molecule has 0 spiro atoms. The van der Waals surface area contributed by atoms with Crippen LogP contribution in [0.1, 0.15) is 5.56 Å². The van der Waals surface area contributed by atoms with Crippen LogP contribution in [0.25, 0.3) is 6.08 Å². The first-order valence-electron chi connectivity index (χ1n) is 9.86. The van der Waals surface area contributed by atoms with Crippen molar-refractivity contribution in [3.8, 4) is 11.5 Å². The fourth-order valence-electron chi connectivity index (χ4n) is 3.33. The van der Waals surface area contributed by atoms with Gasteiger partial charge in [0.2, 0.25) is 5.91 Å². The van der Waals surface area contributed by atoms with Crippen molar-refractivity contribution in [1.82, 2.24) is 9.80 Å². The summed E-state index contributed by atoms with van der Waals surface area (Å²) >= 11 is 0. The van der Waals surface area contributed by atoms with Crippen LogP contribution < -0.4 is 14.8 Å². The Morgan fingerprint density at radius 1 is 1.00 bits per heavy atom.